The fraction of sp³-hybridized carbons (Fsp3) is 0.429. The largest absolute Gasteiger partial charge is 0.430 e. The first-order valence-electron chi connectivity index (χ1n) is 3.07. The Labute approximate surface area is 58.7 Å². The van der Waals surface area contributed by atoms with Gasteiger partial charge in [0.2, 0.25) is 0 Å². The van der Waals surface area contributed by atoms with Crippen LogP contribution in [0.25, 0.3) is 0 Å². The second-order valence-corrected chi connectivity index (χ2v) is 2.23. The summed E-state index contributed by atoms with van der Waals surface area (Å²) < 4.78 is 4.56. The summed E-state index contributed by atoms with van der Waals surface area (Å²) in [4.78, 5) is 20.6. The van der Waals surface area contributed by atoms with Crippen molar-refractivity contribution in [3.05, 3.63) is 11.8 Å². The molecular formula is C7H8O3. The maximum absolute atomic E-state index is 10.4. The van der Waals surface area contributed by atoms with Crippen LogP contribution in [0, 0.1) is 0 Å². The lowest BCUT2D eigenvalue weighted by molar-refractivity contribution is -0.148. The summed E-state index contributed by atoms with van der Waals surface area (Å²) in [6.07, 6.45) is 2.36. The van der Waals surface area contributed by atoms with E-state index in [9.17, 15) is 9.59 Å². The van der Waals surface area contributed by atoms with Crippen LogP contribution >= 0.6 is 0 Å². The van der Waals surface area contributed by atoms with E-state index < -0.39 is 0 Å². The molecule has 0 N–H and O–H groups in total. The Morgan fingerprint density at radius 1 is 1.80 bits per heavy atom. The van der Waals surface area contributed by atoms with E-state index in [2.05, 4.69) is 4.74 Å². The first-order chi connectivity index (χ1) is 4.68. The van der Waals surface area contributed by atoms with Crippen molar-refractivity contribution in [2.75, 3.05) is 0 Å². The molecule has 1 fully saturated rings. The molecule has 0 bridgehead atoms. The van der Waals surface area contributed by atoms with Crippen LogP contribution in [0.3, 0.4) is 0 Å². The van der Waals surface area contributed by atoms with Crippen molar-refractivity contribution < 1.29 is 14.3 Å². The Morgan fingerprint density at radius 3 is 2.80 bits per heavy atom. The van der Waals surface area contributed by atoms with Gasteiger partial charge in [-0.1, -0.05) is 0 Å². The number of esters is 1. The Balaban J connectivity index is 2.30. The average Bonchev–Trinajstić information content (AvgIpc) is 1.77. The van der Waals surface area contributed by atoms with Crippen molar-refractivity contribution in [3.63, 3.8) is 0 Å². The van der Waals surface area contributed by atoms with Crippen molar-refractivity contribution in [1.29, 1.82) is 0 Å². The second-order valence-electron chi connectivity index (χ2n) is 2.23. The molecule has 3 nitrogen and oxygen atoms in total. The van der Waals surface area contributed by atoms with Gasteiger partial charge in [-0.25, -0.2) is 0 Å². The number of rotatable bonds is 2. The number of Topliss-reactive ketones (excluding diaryl/α,β-unsaturated/α-hetero) is 1. The van der Waals surface area contributed by atoms with Gasteiger partial charge in [0.15, 0.2) is 0 Å². The molecule has 3 heteroatoms. The van der Waals surface area contributed by atoms with Crippen LogP contribution in [0.4, 0.5) is 0 Å². The van der Waals surface area contributed by atoms with E-state index in [0.717, 1.165) is 0 Å². The number of hydrogen-bond donors (Lipinski definition) is 0. The number of carbonyl (C=O) groups is 2. The number of ether oxygens (including phenoxy) is 1. The van der Waals surface area contributed by atoms with Gasteiger partial charge in [0.1, 0.15) is 18.0 Å². The third-order valence-electron chi connectivity index (χ3n) is 1.18. The first-order valence-corrected chi connectivity index (χ1v) is 3.07. The van der Waals surface area contributed by atoms with E-state index in [4.69, 9.17) is 0 Å². The molecule has 0 aliphatic carbocycles. The fourth-order valence-corrected chi connectivity index (χ4v) is 0.652. The first kappa shape index (κ1) is 6.99. The van der Waals surface area contributed by atoms with Gasteiger partial charge in [-0.3, -0.25) is 9.59 Å². The van der Waals surface area contributed by atoms with Crippen LogP contribution in [-0.4, -0.2) is 11.8 Å². The van der Waals surface area contributed by atoms with Crippen molar-refractivity contribution in [2.45, 2.75) is 19.8 Å². The number of carbonyl (C=O) groups excluding carboxylic acids is 2. The van der Waals surface area contributed by atoms with Crippen LogP contribution < -0.4 is 0 Å². The zero-order valence-electron chi connectivity index (χ0n) is 5.72. The molecule has 0 spiro atoms. The number of ketones is 1. The molecule has 0 atom stereocenters. The fourth-order valence-electron chi connectivity index (χ4n) is 0.652. The molecule has 54 valence electrons. The van der Waals surface area contributed by atoms with Crippen LogP contribution in [-0.2, 0) is 14.3 Å². The Hall–Kier alpha value is -1.12. The zero-order valence-corrected chi connectivity index (χ0v) is 5.72. The zero-order chi connectivity index (χ0) is 7.56. The summed E-state index contributed by atoms with van der Waals surface area (Å²) in [5, 5.41) is 0. The van der Waals surface area contributed by atoms with Crippen molar-refractivity contribution in [2.24, 2.45) is 0 Å². The summed E-state index contributed by atoms with van der Waals surface area (Å²) in [6, 6.07) is 0. The van der Waals surface area contributed by atoms with Gasteiger partial charge in [-0.05, 0) is 13.0 Å². The molecule has 0 radical (unpaired) electrons. The quantitative estimate of drug-likeness (QED) is 0.533. The summed E-state index contributed by atoms with van der Waals surface area (Å²) in [7, 11) is 0. The second kappa shape index (κ2) is 2.64. The highest BCUT2D eigenvalue weighted by Gasteiger charge is 2.20. The van der Waals surface area contributed by atoms with Crippen molar-refractivity contribution in [3.8, 4) is 0 Å². The number of allylic oxidation sites excluding steroid dienone is 1. The van der Waals surface area contributed by atoms with Crippen molar-refractivity contribution >= 4 is 11.8 Å². The van der Waals surface area contributed by atoms with Gasteiger partial charge in [0.25, 0.3) is 0 Å². The van der Waals surface area contributed by atoms with E-state index in [1.165, 1.54) is 6.92 Å². The third-order valence-corrected chi connectivity index (χ3v) is 1.18. The molecule has 0 unspecified atom stereocenters. The predicted molar refractivity (Wildman–Crippen MR) is 34.1 cm³/mol. The highest BCUT2D eigenvalue weighted by atomic mass is 16.6. The highest BCUT2D eigenvalue weighted by Crippen LogP contribution is 2.17. The van der Waals surface area contributed by atoms with E-state index in [1.807, 2.05) is 0 Å². The normalized spacial score (nSPS) is 20.1. The third kappa shape index (κ3) is 1.69. The lowest BCUT2D eigenvalue weighted by atomic mass is 10.2. The predicted octanol–water partition coefficient (Wildman–Crippen LogP) is 0.796. The minimum absolute atomic E-state index is 0.0791. The maximum Gasteiger partial charge on any atom is 0.318 e. The molecule has 10 heavy (non-hydrogen) atoms. The maximum atomic E-state index is 10.4. The van der Waals surface area contributed by atoms with Gasteiger partial charge in [0, 0.05) is 6.42 Å². The van der Waals surface area contributed by atoms with E-state index in [1.54, 1.807) is 6.08 Å². The molecule has 0 aromatic heterocycles. The van der Waals surface area contributed by atoms with Crippen LogP contribution in [0.15, 0.2) is 11.8 Å². The smallest absolute Gasteiger partial charge is 0.318 e. The Morgan fingerprint density at radius 2 is 2.40 bits per heavy atom. The van der Waals surface area contributed by atoms with E-state index in [-0.39, 0.29) is 11.8 Å². The molecule has 0 saturated carbocycles. The molecule has 0 aromatic carbocycles. The number of cyclic esters (lactones) is 1. The van der Waals surface area contributed by atoms with Gasteiger partial charge in [-0.15, -0.1) is 0 Å². The Kier molecular flexibility index (Phi) is 1.85. The molecule has 1 aliphatic heterocycles. The minimum atomic E-state index is -0.213. The van der Waals surface area contributed by atoms with Gasteiger partial charge in [0.05, 0.1) is 0 Å². The topological polar surface area (TPSA) is 43.4 Å². The van der Waals surface area contributed by atoms with Gasteiger partial charge >= 0.3 is 5.97 Å². The molecule has 0 amide bonds. The van der Waals surface area contributed by atoms with Crippen molar-refractivity contribution in [1.82, 2.24) is 0 Å². The lowest BCUT2D eigenvalue weighted by Gasteiger charge is -2.15. The summed E-state index contributed by atoms with van der Waals surface area (Å²) in [6.45, 7) is 1.50. The molecule has 1 heterocycles. The van der Waals surface area contributed by atoms with E-state index in [0.29, 0.717) is 18.6 Å². The van der Waals surface area contributed by atoms with Crippen LogP contribution in [0.1, 0.15) is 19.8 Å². The van der Waals surface area contributed by atoms with Crippen LogP contribution in [0.2, 0.25) is 0 Å². The molecule has 0 aromatic rings. The summed E-state index contributed by atoms with van der Waals surface area (Å²) >= 11 is 0. The molecule has 1 saturated heterocycles. The Bertz CT molecular complexity index is 193. The molecular weight excluding hydrogens is 132 g/mol. The van der Waals surface area contributed by atoms with E-state index >= 15 is 0 Å². The molecule has 1 aliphatic rings. The molecule has 1 rings (SSSR count). The summed E-state index contributed by atoms with van der Waals surface area (Å²) in [5.41, 5.74) is 0. The highest BCUT2D eigenvalue weighted by molar-refractivity contribution is 5.81. The number of hydrogen-bond acceptors (Lipinski definition) is 3. The standard InChI is InChI=1S/C7H8O3/c1-5(8)2-3-6-4-7(9)10-6/h3H,2,4H2,1H3. The lowest BCUT2D eigenvalue weighted by Crippen LogP contribution is -2.17. The van der Waals surface area contributed by atoms with Crippen LogP contribution in [0.5, 0.6) is 0 Å². The summed E-state index contributed by atoms with van der Waals surface area (Å²) in [5.74, 6) is 0.491. The van der Waals surface area contributed by atoms with Gasteiger partial charge in [-0.2, -0.15) is 0 Å². The van der Waals surface area contributed by atoms with Gasteiger partial charge < -0.3 is 4.74 Å². The monoisotopic (exact) mass is 140 g/mol. The SMILES string of the molecule is CC(=O)CC=C1CC(=O)O1. The average molecular weight is 140 g/mol. The minimum Gasteiger partial charge on any atom is -0.430 e.